The molecule has 0 radical (unpaired) electrons. The predicted octanol–water partition coefficient (Wildman–Crippen LogP) is 6.26. The van der Waals surface area contributed by atoms with Crippen LogP contribution in [0.15, 0.2) is 41.6 Å². The zero-order chi connectivity index (χ0) is 29.3. The smallest absolute Gasteiger partial charge is 0.279 e. The number of hydrogen-bond acceptors (Lipinski definition) is 6. The van der Waals surface area contributed by atoms with Crippen molar-refractivity contribution in [3.05, 3.63) is 53.1 Å². The van der Waals surface area contributed by atoms with Crippen molar-refractivity contribution in [3.8, 4) is 5.75 Å². The zero-order valence-corrected chi connectivity index (χ0v) is 24.6. The molecule has 3 atom stereocenters. The summed E-state index contributed by atoms with van der Waals surface area (Å²) in [6, 6.07) is 6.74. The molecular formula is C27H36Cl2F3N5O2. The number of nitrogens with zero attached hydrogens (tertiary/aromatic N) is 5. The third kappa shape index (κ3) is 7.48. The first-order valence-corrected chi connectivity index (χ1v) is 13.8. The van der Waals surface area contributed by atoms with E-state index >= 15 is 0 Å². The van der Waals surface area contributed by atoms with Gasteiger partial charge in [0, 0.05) is 37.9 Å². The lowest BCUT2D eigenvalue weighted by atomic mass is 10.1. The molecule has 12 heteroatoms. The number of carbonyl (C=O) groups excluding carboxylic acids is 1. The Morgan fingerprint density at radius 3 is 2.44 bits per heavy atom. The van der Waals surface area contributed by atoms with Crippen molar-refractivity contribution >= 4 is 40.5 Å². The minimum Gasteiger partial charge on any atom is -0.495 e. The number of anilines is 1. The Kier molecular flexibility index (Phi) is 12.6. The van der Waals surface area contributed by atoms with E-state index in [1.807, 2.05) is 39.5 Å². The van der Waals surface area contributed by atoms with Gasteiger partial charge in [0.25, 0.3) is 6.43 Å². The zero-order valence-electron chi connectivity index (χ0n) is 23.0. The number of ether oxygens (including phenoxy) is 1. The van der Waals surface area contributed by atoms with Gasteiger partial charge < -0.3 is 14.5 Å². The predicted molar refractivity (Wildman–Crippen MR) is 151 cm³/mol. The summed E-state index contributed by atoms with van der Waals surface area (Å²) in [4.78, 5) is 20.9. The molecule has 1 aromatic heterocycles. The molecule has 1 aromatic carbocycles. The Labute approximate surface area is 238 Å². The monoisotopic (exact) mass is 589 g/mol. The molecule has 0 spiro atoms. The number of aromatic nitrogens is 1. The topological polar surface area (TPSA) is 61.3 Å². The highest BCUT2D eigenvalue weighted by molar-refractivity contribution is 6.33. The second-order valence-corrected chi connectivity index (χ2v) is 9.22. The largest absolute Gasteiger partial charge is 0.495 e. The van der Waals surface area contributed by atoms with Crippen LogP contribution in [0.5, 0.6) is 5.75 Å². The number of benzene rings is 1. The van der Waals surface area contributed by atoms with Gasteiger partial charge in [-0.3, -0.25) is 14.8 Å². The van der Waals surface area contributed by atoms with E-state index in [-0.39, 0.29) is 23.5 Å². The van der Waals surface area contributed by atoms with Crippen LogP contribution in [0.1, 0.15) is 46.4 Å². The summed E-state index contributed by atoms with van der Waals surface area (Å²) in [5.41, 5.74) is 0.293. The number of piperazine rings is 1. The maximum atomic E-state index is 14.6. The second-order valence-electron chi connectivity index (χ2n) is 8.34. The Bertz CT molecular complexity index is 1110. The van der Waals surface area contributed by atoms with Gasteiger partial charge in [-0.15, -0.1) is 11.6 Å². The first-order valence-electron chi connectivity index (χ1n) is 13.0. The lowest BCUT2D eigenvalue weighted by Gasteiger charge is -2.41. The van der Waals surface area contributed by atoms with E-state index in [2.05, 4.69) is 10.1 Å². The van der Waals surface area contributed by atoms with Crippen molar-refractivity contribution < 1.29 is 22.7 Å². The molecule has 0 saturated carbocycles. The fraction of sp³-hybridized carbons (Fsp3) is 0.519. The van der Waals surface area contributed by atoms with Crippen LogP contribution in [0.25, 0.3) is 0 Å². The molecule has 0 N–H and O–H groups in total. The fourth-order valence-corrected chi connectivity index (χ4v) is 5.05. The molecule has 1 fully saturated rings. The van der Waals surface area contributed by atoms with Gasteiger partial charge in [-0.2, -0.15) is 5.10 Å². The summed E-state index contributed by atoms with van der Waals surface area (Å²) in [5, 5.41) is 4.32. The van der Waals surface area contributed by atoms with Gasteiger partial charge in [0.2, 0.25) is 5.91 Å². The van der Waals surface area contributed by atoms with E-state index in [0.717, 1.165) is 0 Å². The van der Waals surface area contributed by atoms with Gasteiger partial charge in [0.1, 0.15) is 35.2 Å². The molecule has 0 aliphatic carbocycles. The van der Waals surface area contributed by atoms with E-state index in [1.165, 1.54) is 30.4 Å². The number of pyridine rings is 1. The minimum atomic E-state index is -2.85. The number of methoxy groups -OCH3 is 1. The van der Waals surface area contributed by atoms with E-state index in [1.54, 1.807) is 23.1 Å². The fourth-order valence-electron chi connectivity index (χ4n) is 4.42. The molecule has 7 nitrogen and oxygen atoms in total. The molecule has 2 unspecified atom stereocenters. The first kappa shape index (κ1) is 32.5. The van der Waals surface area contributed by atoms with Gasteiger partial charge in [-0.25, -0.2) is 13.2 Å². The van der Waals surface area contributed by atoms with Crippen LogP contribution in [0.3, 0.4) is 0 Å². The van der Waals surface area contributed by atoms with E-state index < -0.39 is 29.4 Å². The maximum absolute atomic E-state index is 14.6. The van der Waals surface area contributed by atoms with Crippen molar-refractivity contribution in [2.45, 2.75) is 58.5 Å². The van der Waals surface area contributed by atoms with Crippen molar-refractivity contribution in [1.82, 2.24) is 14.9 Å². The van der Waals surface area contributed by atoms with Crippen LogP contribution < -0.4 is 9.64 Å². The molecule has 3 heterocycles. The van der Waals surface area contributed by atoms with Gasteiger partial charge in [0.15, 0.2) is 0 Å². The number of carbonyl (C=O) groups is 1. The molecule has 2 aliphatic rings. The van der Waals surface area contributed by atoms with Gasteiger partial charge in [-0.05, 0) is 25.1 Å². The Morgan fingerprint density at radius 2 is 1.87 bits per heavy atom. The molecule has 1 amide bonds. The van der Waals surface area contributed by atoms with Crippen LogP contribution >= 0.6 is 23.2 Å². The summed E-state index contributed by atoms with van der Waals surface area (Å²) in [7, 11) is 1.45. The normalized spacial score (nSPS) is 20.6. The highest BCUT2D eigenvalue weighted by Crippen LogP contribution is 2.36. The summed E-state index contributed by atoms with van der Waals surface area (Å²) >= 11 is 12.3. The van der Waals surface area contributed by atoms with Crippen LogP contribution in [-0.4, -0.2) is 77.6 Å². The van der Waals surface area contributed by atoms with Gasteiger partial charge >= 0.3 is 0 Å². The SMILES string of the molecule is CC.CC.COc1cc(N2CCN(C(=O)CN3N=C(C(F)F)C(Cl)C3c3ccccn3)[C@@H](C)C2)c(F)cc1Cl. The quantitative estimate of drug-likeness (QED) is 0.372. The molecule has 0 bridgehead atoms. The first-order chi connectivity index (χ1) is 18.7. The summed E-state index contributed by atoms with van der Waals surface area (Å²) < 4.78 is 46.8. The number of halogens is 5. The molecule has 216 valence electrons. The van der Waals surface area contributed by atoms with Gasteiger partial charge in [0.05, 0.1) is 23.5 Å². The maximum Gasteiger partial charge on any atom is 0.279 e. The molecule has 2 aliphatic heterocycles. The molecule has 2 aromatic rings. The molecule has 1 saturated heterocycles. The Hall–Kier alpha value is -2.72. The molecule has 39 heavy (non-hydrogen) atoms. The number of alkyl halides is 3. The third-order valence-corrected chi connectivity index (χ3v) is 6.90. The van der Waals surface area contributed by atoms with Crippen molar-refractivity contribution in [1.29, 1.82) is 0 Å². The van der Waals surface area contributed by atoms with Crippen LogP contribution in [0.4, 0.5) is 18.9 Å². The van der Waals surface area contributed by atoms with E-state index in [9.17, 15) is 18.0 Å². The van der Waals surface area contributed by atoms with Crippen LogP contribution in [0, 0.1) is 5.82 Å². The number of hydrazone groups is 1. The number of amides is 1. The summed E-state index contributed by atoms with van der Waals surface area (Å²) in [5.74, 6) is -0.428. The van der Waals surface area contributed by atoms with Gasteiger partial charge in [-0.1, -0.05) is 45.4 Å². The average Bonchev–Trinajstić information content (AvgIpc) is 3.27. The lowest BCUT2D eigenvalue weighted by molar-refractivity contribution is -0.135. The summed E-state index contributed by atoms with van der Waals surface area (Å²) in [6.07, 6.45) is -1.32. The van der Waals surface area contributed by atoms with Crippen molar-refractivity contribution in [2.75, 3.05) is 38.2 Å². The van der Waals surface area contributed by atoms with E-state index in [0.29, 0.717) is 36.8 Å². The lowest BCUT2D eigenvalue weighted by Crippen LogP contribution is -2.56. The average molecular weight is 591 g/mol. The summed E-state index contributed by atoms with van der Waals surface area (Å²) in [6.45, 7) is 10.6. The Morgan fingerprint density at radius 1 is 1.18 bits per heavy atom. The molecular weight excluding hydrogens is 554 g/mol. The number of rotatable bonds is 6. The van der Waals surface area contributed by atoms with Crippen molar-refractivity contribution in [3.63, 3.8) is 0 Å². The number of hydrogen-bond donors (Lipinski definition) is 0. The standard InChI is InChI=1S/C23H24Cl2F3N5O2.2C2H6/c1-13-11-31(17-10-18(35-2)14(24)9-15(17)26)7-8-32(13)19(34)12-33-22(16-5-3-4-6-29-16)20(25)21(30-33)23(27)28;2*1-2/h3-6,9-10,13,20,22-23H,7-8,11-12H2,1-2H3;2*1-2H3/t13-,20?,22?;;/m0../s1. The van der Waals surface area contributed by atoms with Crippen LogP contribution in [0.2, 0.25) is 5.02 Å². The van der Waals surface area contributed by atoms with E-state index in [4.69, 9.17) is 27.9 Å². The highest BCUT2D eigenvalue weighted by Gasteiger charge is 2.43. The second kappa shape index (κ2) is 15.2. The third-order valence-electron chi connectivity index (χ3n) is 6.15. The molecule has 4 rings (SSSR count). The minimum absolute atomic E-state index is 0.171. The van der Waals surface area contributed by atoms with Crippen molar-refractivity contribution in [2.24, 2.45) is 5.10 Å². The van der Waals surface area contributed by atoms with Crippen LogP contribution in [-0.2, 0) is 4.79 Å². The Balaban J connectivity index is 0.00000127. The highest BCUT2D eigenvalue weighted by atomic mass is 35.5.